The van der Waals surface area contributed by atoms with Crippen molar-refractivity contribution < 1.29 is 0 Å². The van der Waals surface area contributed by atoms with Crippen molar-refractivity contribution in [3.05, 3.63) is 48.0 Å². The lowest BCUT2D eigenvalue weighted by molar-refractivity contribution is 0.417. The molecule has 22 heavy (non-hydrogen) atoms. The van der Waals surface area contributed by atoms with Gasteiger partial charge in [0.2, 0.25) is 0 Å². The van der Waals surface area contributed by atoms with E-state index in [1.807, 2.05) is 11.6 Å². The number of hydrogen-bond donors (Lipinski definition) is 1. The summed E-state index contributed by atoms with van der Waals surface area (Å²) < 4.78 is 1.95. The summed E-state index contributed by atoms with van der Waals surface area (Å²) in [4.78, 5) is 12.9. The highest BCUT2D eigenvalue weighted by Gasteiger charge is 2.21. The van der Waals surface area contributed by atoms with Crippen LogP contribution >= 0.6 is 0 Å². The second-order valence-corrected chi connectivity index (χ2v) is 5.93. The third kappa shape index (κ3) is 2.22. The first-order chi connectivity index (χ1) is 10.8. The lowest BCUT2D eigenvalue weighted by Crippen LogP contribution is -2.13. The summed E-state index contributed by atoms with van der Waals surface area (Å²) >= 11 is 0. The largest absolute Gasteiger partial charge is 0.364 e. The van der Waals surface area contributed by atoms with E-state index in [1.165, 1.54) is 30.4 Å². The lowest BCUT2D eigenvalue weighted by Gasteiger charge is -2.28. The van der Waals surface area contributed by atoms with Crippen LogP contribution in [0.3, 0.4) is 0 Å². The Labute approximate surface area is 129 Å². The van der Waals surface area contributed by atoms with Crippen molar-refractivity contribution in [1.29, 1.82) is 0 Å². The van der Waals surface area contributed by atoms with Gasteiger partial charge in [-0.15, -0.1) is 0 Å². The molecule has 4 rings (SSSR count). The van der Waals surface area contributed by atoms with Gasteiger partial charge in [-0.1, -0.05) is 30.7 Å². The Bertz CT molecular complexity index is 804. The van der Waals surface area contributed by atoms with Crippen molar-refractivity contribution in [3.8, 4) is 0 Å². The summed E-state index contributed by atoms with van der Waals surface area (Å²) in [5.74, 6) is 1.58. The van der Waals surface area contributed by atoms with Crippen LogP contribution < -0.4 is 5.32 Å². The van der Waals surface area contributed by atoms with Gasteiger partial charge >= 0.3 is 0 Å². The highest BCUT2D eigenvalue weighted by molar-refractivity contribution is 5.82. The molecule has 5 heteroatoms. The average molecular weight is 293 g/mol. The Morgan fingerprint density at radius 2 is 2.05 bits per heavy atom. The smallest absolute Gasteiger partial charge is 0.182 e. The van der Waals surface area contributed by atoms with Crippen LogP contribution in [0.25, 0.3) is 11.2 Å². The maximum atomic E-state index is 4.38. The van der Waals surface area contributed by atoms with Gasteiger partial charge in [0.15, 0.2) is 11.5 Å². The van der Waals surface area contributed by atoms with E-state index in [2.05, 4.69) is 44.5 Å². The number of nitrogens with one attached hydrogen (secondary N) is 1. The maximum absolute atomic E-state index is 4.38. The van der Waals surface area contributed by atoms with Gasteiger partial charge in [-0.05, 0) is 29.9 Å². The van der Waals surface area contributed by atoms with Gasteiger partial charge < -0.3 is 9.88 Å². The predicted molar refractivity (Wildman–Crippen MR) is 86.7 cm³/mol. The van der Waals surface area contributed by atoms with Crippen molar-refractivity contribution in [3.63, 3.8) is 0 Å². The third-order valence-corrected chi connectivity index (χ3v) is 4.56. The second kappa shape index (κ2) is 5.40. The van der Waals surface area contributed by atoms with Crippen LogP contribution in [-0.4, -0.2) is 19.5 Å². The molecule has 0 saturated heterocycles. The Kier molecular flexibility index (Phi) is 3.25. The van der Waals surface area contributed by atoms with Gasteiger partial charge in [0.25, 0.3) is 0 Å². The standard InChI is InChI=1S/C17H19N5/c1-22-11-21-17-15(22)16(19-10-20-17)18-9-13-5-2-3-8-14(13)12-6-4-7-12/h2-3,5,8,10-12H,4,6-7,9H2,1H3,(H,18,19,20). The fraction of sp³-hybridized carbons (Fsp3) is 0.353. The van der Waals surface area contributed by atoms with E-state index < -0.39 is 0 Å². The van der Waals surface area contributed by atoms with E-state index in [-0.39, 0.29) is 0 Å². The minimum Gasteiger partial charge on any atom is -0.364 e. The molecule has 1 saturated carbocycles. The lowest BCUT2D eigenvalue weighted by atomic mass is 9.78. The maximum Gasteiger partial charge on any atom is 0.182 e. The van der Waals surface area contributed by atoms with Crippen LogP contribution in [0.2, 0.25) is 0 Å². The van der Waals surface area contributed by atoms with E-state index in [9.17, 15) is 0 Å². The molecule has 2 aromatic heterocycles. The molecule has 112 valence electrons. The van der Waals surface area contributed by atoms with Gasteiger partial charge in [0.05, 0.1) is 6.33 Å². The van der Waals surface area contributed by atoms with Crippen LogP contribution in [0.4, 0.5) is 5.82 Å². The number of imidazole rings is 1. The van der Waals surface area contributed by atoms with Crippen molar-refractivity contribution >= 4 is 17.0 Å². The minimum atomic E-state index is 0.729. The van der Waals surface area contributed by atoms with E-state index in [0.717, 1.165) is 29.4 Å². The summed E-state index contributed by atoms with van der Waals surface area (Å²) in [6, 6.07) is 8.72. The highest BCUT2D eigenvalue weighted by atomic mass is 15.1. The molecule has 0 atom stereocenters. The number of aromatic nitrogens is 4. The molecule has 1 N–H and O–H groups in total. The molecule has 0 radical (unpaired) electrons. The summed E-state index contributed by atoms with van der Waals surface area (Å²) in [5.41, 5.74) is 4.52. The summed E-state index contributed by atoms with van der Waals surface area (Å²) in [6.07, 6.45) is 7.32. The van der Waals surface area contributed by atoms with Gasteiger partial charge in [-0.2, -0.15) is 0 Å². The number of hydrogen-bond acceptors (Lipinski definition) is 4. The first kappa shape index (κ1) is 13.2. The van der Waals surface area contributed by atoms with Crippen LogP contribution in [0.5, 0.6) is 0 Å². The zero-order chi connectivity index (χ0) is 14.9. The number of nitrogens with zero attached hydrogens (tertiary/aromatic N) is 4. The SMILES string of the molecule is Cn1cnc2ncnc(NCc3ccccc3C3CCC3)c21. The summed E-state index contributed by atoms with van der Waals surface area (Å²) in [6.45, 7) is 0.782. The molecule has 0 bridgehead atoms. The Hall–Kier alpha value is -2.43. The molecule has 0 amide bonds. The van der Waals surface area contributed by atoms with Crippen molar-refractivity contribution in [2.24, 2.45) is 7.05 Å². The first-order valence-corrected chi connectivity index (χ1v) is 7.76. The summed E-state index contributed by atoms with van der Waals surface area (Å²) in [7, 11) is 1.96. The van der Waals surface area contributed by atoms with Crippen LogP contribution in [0.1, 0.15) is 36.3 Å². The molecular formula is C17H19N5. The van der Waals surface area contributed by atoms with Gasteiger partial charge in [0.1, 0.15) is 11.8 Å². The van der Waals surface area contributed by atoms with Crippen LogP contribution in [-0.2, 0) is 13.6 Å². The van der Waals surface area contributed by atoms with Crippen molar-refractivity contribution in [1.82, 2.24) is 19.5 Å². The zero-order valence-electron chi connectivity index (χ0n) is 12.7. The number of rotatable bonds is 4. The first-order valence-electron chi connectivity index (χ1n) is 7.76. The molecule has 3 aromatic rings. The molecular weight excluding hydrogens is 274 g/mol. The molecule has 0 unspecified atom stereocenters. The Morgan fingerprint density at radius 1 is 1.18 bits per heavy atom. The number of aryl methyl sites for hydroxylation is 1. The van der Waals surface area contributed by atoms with Gasteiger partial charge in [-0.3, -0.25) is 0 Å². The van der Waals surface area contributed by atoms with Crippen molar-refractivity contribution in [2.45, 2.75) is 31.7 Å². The normalized spacial score (nSPS) is 15.0. The van der Waals surface area contributed by atoms with Crippen LogP contribution in [0.15, 0.2) is 36.9 Å². The average Bonchev–Trinajstić information content (AvgIpc) is 2.87. The van der Waals surface area contributed by atoms with Crippen molar-refractivity contribution in [2.75, 3.05) is 5.32 Å². The Morgan fingerprint density at radius 3 is 2.86 bits per heavy atom. The molecule has 1 aromatic carbocycles. The molecule has 0 aliphatic heterocycles. The molecule has 1 fully saturated rings. The number of benzene rings is 1. The molecule has 2 heterocycles. The molecule has 0 spiro atoms. The van der Waals surface area contributed by atoms with Gasteiger partial charge in [0, 0.05) is 13.6 Å². The van der Waals surface area contributed by atoms with E-state index in [0.29, 0.717) is 0 Å². The fourth-order valence-electron chi connectivity index (χ4n) is 3.11. The van der Waals surface area contributed by atoms with E-state index >= 15 is 0 Å². The summed E-state index contributed by atoms with van der Waals surface area (Å²) in [5, 5.41) is 3.46. The predicted octanol–water partition coefficient (Wildman–Crippen LogP) is 3.24. The van der Waals surface area contributed by atoms with Crippen LogP contribution in [0, 0.1) is 0 Å². The number of anilines is 1. The third-order valence-electron chi connectivity index (χ3n) is 4.56. The second-order valence-electron chi connectivity index (χ2n) is 5.93. The number of fused-ring (bicyclic) bond motifs is 1. The monoisotopic (exact) mass is 293 g/mol. The van der Waals surface area contributed by atoms with E-state index in [4.69, 9.17) is 0 Å². The Balaban J connectivity index is 1.61. The topological polar surface area (TPSA) is 55.6 Å². The van der Waals surface area contributed by atoms with E-state index in [1.54, 1.807) is 12.7 Å². The fourth-order valence-corrected chi connectivity index (χ4v) is 3.11. The quantitative estimate of drug-likeness (QED) is 0.802. The minimum absolute atomic E-state index is 0.729. The molecule has 1 aliphatic carbocycles. The molecule has 5 nitrogen and oxygen atoms in total. The molecule has 1 aliphatic rings. The van der Waals surface area contributed by atoms with Gasteiger partial charge in [-0.25, -0.2) is 15.0 Å². The zero-order valence-corrected chi connectivity index (χ0v) is 12.7. The highest BCUT2D eigenvalue weighted by Crippen LogP contribution is 2.38.